The maximum atomic E-state index is 12.5. The van der Waals surface area contributed by atoms with Crippen LogP contribution < -0.4 is 5.73 Å². The molecular formula is C18H28N2O2. The number of rotatable bonds is 5. The monoisotopic (exact) mass is 304 g/mol. The van der Waals surface area contributed by atoms with Crippen LogP contribution in [0.1, 0.15) is 81.5 Å². The van der Waals surface area contributed by atoms with Gasteiger partial charge in [-0.15, -0.1) is 0 Å². The van der Waals surface area contributed by atoms with Crippen LogP contribution in [0.5, 0.6) is 0 Å². The lowest BCUT2D eigenvalue weighted by Gasteiger charge is -2.46. The first-order valence-corrected chi connectivity index (χ1v) is 8.50. The molecule has 2 aliphatic carbocycles. The van der Waals surface area contributed by atoms with E-state index in [1.54, 1.807) is 0 Å². The molecule has 0 bridgehead atoms. The van der Waals surface area contributed by atoms with Gasteiger partial charge in [-0.2, -0.15) is 0 Å². The molecular weight excluding hydrogens is 276 g/mol. The number of hydrogen-bond donors (Lipinski definition) is 1. The highest BCUT2D eigenvalue weighted by molar-refractivity contribution is 5.94. The summed E-state index contributed by atoms with van der Waals surface area (Å²) in [6, 6.07) is 1.86. The van der Waals surface area contributed by atoms with Gasteiger partial charge in [0.2, 0.25) is 0 Å². The fourth-order valence-corrected chi connectivity index (χ4v) is 4.50. The molecule has 1 aromatic heterocycles. The second-order valence-electron chi connectivity index (χ2n) is 8.65. The van der Waals surface area contributed by atoms with Gasteiger partial charge in [-0.25, -0.2) is 0 Å². The predicted octanol–water partition coefficient (Wildman–Crippen LogP) is 3.92. The summed E-state index contributed by atoms with van der Waals surface area (Å²) < 4.78 is 5.31. The first-order valence-electron chi connectivity index (χ1n) is 8.50. The Labute approximate surface area is 132 Å². The molecule has 2 N–H and O–H groups in total. The second-order valence-corrected chi connectivity index (χ2v) is 8.65. The van der Waals surface area contributed by atoms with Crippen LogP contribution in [0.25, 0.3) is 0 Å². The molecule has 0 aliphatic heterocycles. The Morgan fingerprint density at radius 1 is 1.36 bits per heavy atom. The molecule has 0 saturated heterocycles. The van der Waals surface area contributed by atoms with Gasteiger partial charge in [0.15, 0.2) is 5.78 Å². The van der Waals surface area contributed by atoms with Gasteiger partial charge in [-0.3, -0.25) is 4.79 Å². The van der Waals surface area contributed by atoms with Crippen molar-refractivity contribution in [1.29, 1.82) is 0 Å². The number of ketones is 1. The second kappa shape index (κ2) is 5.48. The Balaban J connectivity index is 1.66. The lowest BCUT2D eigenvalue weighted by molar-refractivity contribution is 0.0529. The zero-order valence-electron chi connectivity index (χ0n) is 14.0. The molecule has 2 saturated carbocycles. The molecule has 2 fully saturated rings. The number of Topliss-reactive ketones (excluding diaryl/α,β-unsaturated/α-hetero) is 1. The molecule has 4 heteroatoms. The molecule has 0 amide bonds. The lowest BCUT2D eigenvalue weighted by atomic mass is 9.60. The Bertz CT molecular complexity index is 559. The number of nitrogens with zero attached hydrogens (tertiary/aromatic N) is 1. The SMILES string of the molecule is CC1(C)CC(CC(=O)c2cc(C3CC3)on2)CC(C)(CN)C1. The third kappa shape index (κ3) is 3.43. The van der Waals surface area contributed by atoms with E-state index in [-0.39, 0.29) is 16.6 Å². The van der Waals surface area contributed by atoms with Crippen LogP contribution >= 0.6 is 0 Å². The van der Waals surface area contributed by atoms with Crippen molar-refractivity contribution in [3.63, 3.8) is 0 Å². The van der Waals surface area contributed by atoms with E-state index in [0.29, 0.717) is 30.5 Å². The van der Waals surface area contributed by atoms with Crippen LogP contribution in [0.2, 0.25) is 0 Å². The number of aromatic nitrogens is 1. The van der Waals surface area contributed by atoms with Gasteiger partial charge in [-0.05, 0) is 55.4 Å². The highest BCUT2D eigenvalue weighted by atomic mass is 16.5. The van der Waals surface area contributed by atoms with E-state index >= 15 is 0 Å². The summed E-state index contributed by atoms with van der Waals surface area (Å²) in [5.74, 6) is 1.91. The molecule has 0 aromatic carbocycles. The molecule has 122 valence electrons. The first-order chi connectivity index (χ1) is 10.3. The summed E-state index contributed by atoms with van der Waals surface area (Å²) in [6.45, 7) is 7.53. The molecule has 1 aromatic rings. The van der Waals surface area contributed by atoms with Crippen LogP contribution in [0.3, 0.4) is 0 Å². The topological polar surface area (TPSA) is 69.1 Å². The minimum absolute atomic E-state index is 0.123. The number of carbonyl (C=O) groups is 1. The van der Waals surface area contributed by atoms with Crippen molar-refractivity contribution >= 4 is 5.78 Å². The molecule has 0 radical (unpaired) electrons. The van der Waals surface area contributed by atoms with Crippen LogP contribution in [-0.4, -0.2) is 17.5 Å². The van der Waals surface area contributed by atoms with Crippen LogP contribution in [0.15, 0.2) is 10.6 Å². The quantitative estimate of drug-likeness (QED) is 0.837. The minimum Gasteiger partial charge on any atom is -0.360 e. The molecule has 3 rings (SSSR count). The fourth-order valence-electron chi connectivity index (χ4n) is 4.50. The maximum Gasteiger partial charge on any atom is 0.185 e. The van der Waals surface area contributed by atoms with Gasteiger partial charge in [0.1, 0.15) is 11.5 Å². The largest absolute Gasteiger partial charge is 0.360 e. The highest BCUT2D eigenvalue weighted by Gasteiger charge is 2.41. The van der Waals surface area contributed by atoms with Crippen molar-refractivity contribution in [3.05, 3.63) is 17.5 Å². The summed E-state index contributed by atoms with van der Waals surface area (Å²) in [7, 11) is 0. The van der Waals surface area contributed by atoms with Crippen LogP contribution in [0.4, 0.5) is 0 Å². The molecule has 2 unspecified atom stereocenters. The van der Waals surface area contributed by atoms with Crippen LogP contribution in [-0.2, 0) is 0 Å². The van der Waals surface area contributed by atoms with Crippen molar-refractivity contribution in [3.8, 4) is 0 Å². The van der Waals surface area contributed by atoms with E-state index in [1.807, 2.05) is 6.07 Å². The van der Waals surface area contributed by atoms with Gasteiger partial charge in [0.25, 0.3) is 0 Å². The normalized spacial score (nSPS) is 31.2. The number of hydrogen-bond acceptors (Lipinski definition) is 4. The Hall–Kier alpha value is -1.16. The third-order valence-electron chi connectivity index (χ3n) is 5.29. The summed E-state index contributed by atoms with van der Waals surface area (Å²) in [6.07, 6.45) is 6.14. The summed E-state index contributed by atoms with van der Waals surface area (Å²) in [4.78, 5) is 12.5. The molecule has 2 atom stereocenters. The molecule has 0 spiro atoms. The summed E-state index contributed by atoms with van der Waals surface area (Å²) in [5, 5.41) is 3.99. The third-order valence-corrected chi connectivity index (χ3v) is 5.29. The Morgan fingerprint density at radius 2 is 2.09 bits per heavy atom. The zero-order valence-corrected chi connectivity index (χ0v) is 14.0. The maximum absolute atomic E-state index is 12.5. The van der Waals surface area contributed by atoms with Gasteiger partial charge < -0.3 is 10.3 Å². The van der Waals surface area contributed by atoms with Crippen molar-refractivity contribution in [2.75, 3.05) is 6.54 Å². The van der Waals surface area contributed by atoms with E-state index in [2.05, 4.69) is 25.9 Å². The van der Waals surface area contributed by atoms with E-state index in [4.69, 9.17) is 10.3 Å². The predicted molar refractivity (Wildman–Crippen MR) is 85.7 cm³/mol. The highest BCUT2D eigenvalue weighted by Crippen LogP contribution is 2.49. The number of carbonyl (C=O) groups excluding carboxylic acids is 1. The molecule has 22 heavy (non-hydrogen) atoms. The van der Waals surface area contributed by atoms with Gasteiger partial charge >= 0.3 is 0 Å². The fraction of sp³-hybridized carbons (Fsp3) is 0.778. The standard InChI is InChI=1S/C18H28N2O2/c1-17(2)8-12(9-18(3,10-17)11-19)6-15(21)14-7-16(22-20-14)13-4-5-13/h7,12-13H,4-6,8-11,19H2,1-3H3. The van der Waals surface area contributed by atoms with Crippen LogP contribution in [0, 0.1) is 16.7 Å². The minimum atomic E-state index is 0.123. The smallest absolute Gasteiger partial charge is 0.185 e. The molecule has 1 heterocycles. The van der Waals surface area contributed by atoms with E-state index in [0.717, 1.165) is 37.9 Å². The molecule has 4 nitrogen and oxygen atoms in total. The molecule has 2 aliphatic rings. The van der Waals surface area contributed by atoms with Gasteiger partial charge in [0.05, 0.1) is 0 Å². The van der Waals surface area contributed by atoms with E-state index in [9.17, 15) is 4.79 Å². The van der Waals surface area contributed by atoms with Gasteiger partial charge in [-0.1, -0.05) is 25.9 Å². The summed E-state index contributed by atoms with van der Waals surface area (Å²) >= 11 is 0. The van der Waals surface area contributed by atoms with Gasteiger partial charge in [0, 0.05) is 18.4 Å². The van der Waals surface area contributed by atoms with Crippen molar-refractivity contribution in [1.82, 2.24) is 5.16 Å². The zero-order chi connectivity index (χ0) is 16.0. The Morgan fingerprint density at radius 3 is 2.73 bits per heavy atom. The van der Waals surface area contributed by atoms with Crippen molar-refractivity contribution in [2.24, 2.45) is 22.5 Å². The van der Waals surface area contributed by atoms with Crippen molar-refractivity contribution < 1.29 is 9.32 Å². The Kier molecular flexibility index (Phi) is 3.92. The average molecular weight is 304 g/mol. The average Bonchev–Trinajstić information content (AvgIpc) is 3.14. The lowest BCUT2D eigenvalue weighted by Crippen LogP contribution is -2.40. The first kappa shape index (κ1) is 15.7. The number of nitrogens with two attached hydrogens (primary N) is 1. The summed E-state index contributed by atoms with van der Waals surface area (Å²) in [5.41, 5.74) is 6.91. The van der Waals surface area contributed by atoms with E-state index in [1.165, 1.54) is 0 Å². The van der Waals surface area contributed by atoms with Crippen molar-refractivity contribution in [2.45, 2.75) is 65.2 Å². The van der Waals surface area contributed by atoms with E-state index < -0.39 is 0 Å².